The Kier molecular flexibility index (Phi) is 31.6. The van der Waals surface area contributed by atoms with E-state index in [1.807, 2.05) is 37.3 Å². The minimum atomic E-state index is -0.119. The molecule has 0 aliphatic rings. The fourth-order valence-electron chi connectivity index (χ4n) is 3.85. The highest BCUT2D eigenvalue weighted by Gasteiger charge is 2.16. The summed E-state index contributed by atoms with van der Waals surface area (Å²) in [6, 6.07) is 9.67. The fourth-order valence-corrected chi connectivity index (χ4v) is 3.85. The standard InChI is InChI=1S/C34H60O12/c1-3-5-9-32(4-2)34(35)46-31-29-44-27-25-42-23-21-40-19-17-38-15-13-36-12-14-37-16-18-39-20-22-41-24-26-43-28-30-45-33-10-7-6-8-11-33/h6-8,10-11,32H,3-5,9,12-31H2,1-2H3. The molecule has 0 spiro atoms. The summed E-state index contributed by atoms with van der Waals surface area (Å²) in [5.41, 5.74) is 0. The first-order valence-electron chi connectivity index (χ1n) is 16.8. The van der Waals surface area contributed by atoms with Crippen molar-refractivity contribution in [3.8, 4) is 5.75 Å². The van der Waals surface area contributed by atoms with Gasteiger partial charge in [0.25, 0.3) is 0 Å². The Morgan fingerprint density at radius 3 is 1.20 bits per heavy atom. The van der Waals surface area contributed by atoms with Gasteiger partial charge in [0.05, 0.1) is 125 Å². The Morgan fingerprint density at radius 1 is 0.500 bits per heavy atom. The van der Waals surface area contributed by atoms with E-state index in [4.69, 9.17) is 52.1 Å². The lowest BCUT2D eigenvalue weighted by Gasteiger charge is -2.13. The average molecular weight is 661 g/mol. The quantitative estimate of drug-likeness (QED) is 0.0766. The summed E-state index contributed by atoms with van der Waals surface area (Å²) in [5, 5.41) is 0. The topological polar surface area (TPSA) is 119 Å². The molecular formula is C34H60O12. The van der Waals surface area contributed by atoms with E-state index in [1.54, 1.807) is 0 Å². The number of rotatable bonds is 36. The zero-order chi connectivity index (χ0) is 33.0. The van der Waals surface area contributed by atoms with Gasteiger partial charge in [0, 0.05) is 0 Å². The van der Waals surface area contributed by atoms with Crippen molar-refractivity contribution in [3.63, 3.8) is 0 Å². The molecule has 12 nitrogen and oxygen atoms in total. The second-order valence-corrected chi connectivity index (χ2v) is 10.1. The van der Waals surface area contributed by atoms with Gasteiger partial charge in [-0.15, -0.1) is 0 Å². The molecule has 0 aliphatic carbocycles. The highest BCUT2D eigenvalue weighted by molar-refractivity contribution is 5.72. The van der Waals surface area contributed by atoms with E-state index in [0.717, 1.165) is 31.4 Å². The molecule has 0 fully saturated rings. The summed E-state index contributed by atoms with van der Waals surface area (Å²) in [4.78, 5) is 12.0. The van der Waals surface area contributed by atoms with Crippen molar-refractivity contribution < 1.29 is 56.9 Å². The van der Waals surface area contributed by atoms with Gasteiger partial charge in [-0.25, -0.2) is 0 Å². The van der Waals surface area contributed by atoms with E-state index in [1.165, 1.54) is 0 Å². The van der Waals surface area contributed by atoms with Crippen LogP contribution in [-0.4, -0.2) is 138 Å². The molecule has 1 aromatic rings. The summed E-state index contributed by atoms with van der Waals surface area (Å²) >= 11 is 0. The molecule has 0 aromatic heterocycles. The van der Waals surface area contributed by atoms with Crippen LogP contribution in [0.3, 0.4) is 0 Å². The normalized spacial score (nSPS) is 12.0. The van der Waals surface area contributed by atoms with E-state index >= 15 is 0 Å². The van der Waals surface area contributed by atoms with Crippen LogP contribution >= 0.6 is 0 Å². The molecule has 0 N–H and O–H groups in total. The number of unbranched alkanes of at least 4 members (excludes halogenated alkanes) is 1. The number of hydrogen-bond donors (Lipinski definition) is 0. The van der Waals surface area contributed by atoms with Crippen molar-refractivity contribution in [2.24, 2.45) is 5.92 Å². The molecule has 268 valence electrons. The molecule has 0 amide bonds. The highest BCUT2D eigenvalue weighted by atomic mass is 16.6. The number of ether oxygens (including phenoxy) is 11. The second kappa shape index (κ2) is 34.5. The van der Waals surface area contributed by atoms with E-state index < -0.39 is 0 Å². The van der Waals surface area contributed by atoms with Crippen LogP contribution in [0.2, 0.25) is 0 Å². The number of carbonyl (C=O) groups is 1. The van der Waals surface area contributed by atoms with Crippen molar-refractivity contribution in [3.05, 3.63) is 30.3 Å². The van der Waals surface area contributed by atoms with Crippen LogP contribution in [0.25, 0.3) is 0 Å². The molecular weight excluding hydrogens is 600 g/mol. The van der Waals surface area contributed by atoms with Crippen molar-refractivity contribution >= 4 is 5.97 Å². The summed E-state index contributed by atoms with van der Waals surface area (Å²) in [5.74, 6) is 0.720. The number of hydrogen-bond acceptors (Lipinski definition) is 12. The third-order valence-electron chi connectivity index (χ3n) is 6.42. The Balaban J connectivity index is 1.66. The highest BCUT2D eigenvalue weighted by Crippen LogP contribution is 2.14. The predicted molar refractivity (Wildman–Crippen MR) is 174 cm³/mol. The smallest absolute Gasteiger partial charge is 0.308 e. The zero-order valence-electron chi connectivity index (χ0n) is 28.3. The minimum absolute atomic E-state index is 0.00261. The molecule has 0 heterocycles. The Bertz CT molecular complexity index is 755. The first-order chi connectivity index (χ1) is 22.8. The largest absolute Gasteiger partial charge is 0.491 e. The minimum Gasteiger partial charge on any atom is -0.491 e. The monoisotopic (exact) mass is 660 g/mol. The van der Waals surface area contributed by atoms with Crippen molar-refractivity contribution in [2.75, 3.05) is 132 Å². The molecule has 1 aromatic carbocycles. The number of benzene rings is 1. The summed E-state index contributed by atoms with van der Waals surface area (Å²) in [6.07, 6.45) is 3.84. The lowest BCUT2D eigenvalue weighted by molar-refractivity contribution is -0.150. The average Bonchev–Trinajstić information content (AvgIpc) is 3.08. The number of carbonyl (C=O) groups excluding carboxylic acids is 1. The van der Waals surface area contributed by atoms with Crippen LogP contribution < -0.4 is 4.74 Å². The van der Waals surface area contributed by atoms with Gasteiger partial charge in [-0.05, 0) is 25.0 Å². The molecule has 1 atom stereocenters. The lowest BCUT2D eigenvalue weighted by atomic mass is 10.00. The van der Waals surface area contributed by atoms with Crippen LogP contribution in [0.1, 0.15) is 39.5 Å². The van der Waals surface area contributed by atoms with E-state index in [0.29, 0.717) is 126 Å². The van der Waals surface area contributed by atoms with Gasteiger partial charge in [-0.3, -0.25) is 4.79 Å². The molecule has 12 heteroatoms. The molecule has 46 heavy (non-hydrogen) atoms. The van der Waals surface area contributed by atoms with Crippen LogP contribution in [0.4, 0.5) is 0 Å². The first kappa shape index (κ1) is 42.2. The van der Waals surface area contributed by atoms with Gasteiger partial charge < -0.3 is 52.1 Å². The number of para-hydroxylation sites is 1. The first-order valence-corrected chi connectivity index (χ1v) is 16.8. The van der Waals surface area contributed by atoms with Crippen molar-refractivity contribution in [2.45, 2.75) is 39.5 Å². The fraction of sp³-hybridized carbons (Fsp3) is 0.794. The molecule has 1 unspecified atom stereocenters. The maximum atomic E-state index is 12.0. The summed E-state index contributed by atoms with van der Waals surface area (Å²) < 4.78 is 60.1. The van der Waals surface area contributed by atoms with Crippen LogP contribution in [-0.2, 0) is 52.2 Å². The van der Waals surface area contributed by atoms with Crippen LogP contribution in [0, 0.1) is 5.92 Å². The molecule has 0 saturated heterocycles. The van der Waals surface area contributed by atoms with E-state index in [2.05, 4.69) is 6.92 Å². The zero-order valence-corrected chi connectivity index (χ0v) is 28.3. The SMILES string of the molecule is CCCCC(CC)C(=O)OCCOCCOCCOCCOCCOCCOCCOCCOCCOCCOc1ccccc1. The third kappa shape index (κ3) is 28.4. The Morgan fingerprint density at radius 2 is 0.848 bits per heavy atom. The Hall–Kier alpha value is -1.87. The molecule has 1 rings (SSSR count). The van der Waals surface area contributed by atoms with Crippen molar-refractivity contribution in [1.29, 1.82) is 0 Å². The van der Waals surface area contributed by atoms with Gasteiger partial charge in [0.15, 0.2) is 0 Å². The van der Waals surface area contributed by atoms with E-state index in [-0.39, 0.29) is 18.5 Å². The third-order valence-corrected chi connectivity index (χ3v) is 6.42. The summed E-state index contributed by atoms with van der Waals surface area (Å²) in [6.45, 7) is 13.8. The maximum absolute atomic E-state index is 12.0. The lowest BCUT2D eigenvalue weighted by Crippen LogP contribution is -2.20. The van der Waals surface area contributed by atoms with Crippen LogP contribution in [0.15, 0.2) is 30.3 Å². The van der Waals surface area contributed by atoms with Gasteiger partial charge in [-0.1, -0.05) is 44.9 Å². The van der Waals surface area contributed by atoms with Gasteiger partial charge in [-0.2, -0.15) is 0 Å². The Labute approximate surface area is 276 Å². The predicted octanol–water partition coefficient (Wildman–Crippen LogP) is 3.97. The maximum Gasteiger partial charge on any atom is 0.308 e. The van der Waals surface area contributed by atoms with Gasteiger partial charge >= 0.3 is 5.97 Å². The van der Waals surface area contributed by atoms with E-state index in [9.17, 15) is 4.79 Å². The molecule has 0 aliphatic heterocycles. The van der Waals surface area contributed by atoms with Gasteiger partial charge in [0.1, 0.15) is 19.0 Å². The van der Waals surface area contributed by atoms with Crippen molar-refractivity contribution in [1.82, 2.24) is 0 Å². The van der Waals surface area contributed by atoms with Gasteiger partial charge in [0.2, 0.25) is 0 Å². The molecule has 0 radical (unpaired) electrons. The summed E-state index contributed by atoms with van der Waals surface area (Å²) in [7, 11) is 0. The number of esters is 1. The van der Waals surface area contributed by atoms with Crippen LogP contribution in [0.5, 0.6) is 5.75 Å². The molecule has 0 bridgehead atoms. The second-order valence-electron chi connectivity index (χ2n) is 10.1. The molecule has 0 saturated carbocycles.